The van der Waals surface area contributed by atoms with Crippen LogP contribution in [0.1, 0.15) is 11.1 Å². The molecule has 1 aliphatic rings. The van der Waals surface area contributed by atoms with Crippen LogP contribution in [0, 0.1) is 0 Å². The molecule has 1 aliphatic heterocycles. The quantitative estimate of drug-likeness (QED) is 0.440. The second-order valence-electron chi connectivity index (χ2n) is 8.45. The molecule has 7 heteroatoms. The smallest absolute Gasteiger partial charge is 0.259 e. The van der Waals surface area contributed by atoms with E-state index in [0.717, 1.165) is 44.3 Å². The molecule has 7 nitrogen and oxygen atoms in total. The lowest BCUT2D eigenvalue weighted by Gasteiger charge is -2.05. The highest BCUT2D eigenvalue weighted by Crippen LogP contribution is 2.39. The lowest BCUT2D eigenvalue weighted by molar-refractivity contribution is -0.122. The van der Waals surface area contributed by atoms with Crippen LogP contribution >= 0.6 is 0 Å². The number of aryl methyl sites for hydroxylation is 3. The number of amides is 2. The molecule has 5 aromatic rings. The van der Waals surface area contributed by atoms with Crippen LogP contribution in [0.3, 0.4) is 0 Å². The molecule has 0 fully saturated rings. The summed E-state index contributed by atoms with van der Waals surface area (Å²) >= 11 is 0. The molecule has 3 aromatic heterocycles. The van der Waals surface area contributed by atoms with Crippen LogP contribution in [0.15, 0.2) is 67.3 Å². The normalized spacial score (nSPS) is 14.2. The van der Waals surface area contributed by atoms with Crippen molar-refractivity contribution < 1.29 is 9.59 Å². The third-order valence-corrected chi connectivity index (χ3v) is 6.44. The molecule has 33 heavy (non-hydrogen) atoms. The standard InChI is InChI=1S/C26H21N5O2/c1-29-11-10-27-24(29)15-8-9-17-19(14-31(3)21(17)12-15)23-22(25(32)28-26(23)33)18-13-30(2)20-7-5-4-6-16(18)20/h4-14H,1-3H3,(H,28,32,33). The summed E-state index contributed by atoms with van der Waals surface area (Å²) in [4.78, 5) is 30.5. The molecule has 0 radical (unpaired) electrons. The summed E-state index contributed by atoms with van der Waals surface area (Å²) in [7, 11) is 5.84. The number of aromatic nitrogens is 4. The number of carbonyl (C=O) groups excluding carboxylic acids is 2. The van der Waals surface area contributed by atoms with E-state index in [4.69, 9.17) is 0 Å². The van der Waals surface area contributed by atoms with Gasteiger partial charge in [-0.1, -0.05) is 30.3 Å². The van der Waals surface area contributed by atoms with Gasteiger partial charge in [0, 0.05) is 84.4 Å². The zero-order valence-electron chi connectivity index (χ0n) is 18.5. The van der Waals surface area contributed by atoms with E-state index < -0.39 is 0 Å². The molecular formula is C26H21N5O2. The molecule has 0 saturated heterocycles. The Bertz CT molecular complexity index is 1660. The van der Waals surface area contributed by atoms with Gasteiger partial charge >= 0.3 is 0 Å². The van der Waals surface area contributed by atoms with Gasteiger partial charge < -0.3 is 13.7 Å². The van der Waals surface area contributed by atoms with Crippen LogP contribution < -0.4 is 5.32 Å². The number of hydrogen-bond donors (Lipinski definition) is 1. The molecule has 2 amide bonds. The first-order chi connectivity index (χ1) is 15.9. The highest BCUT2D eigenvalue weighted by molar-refractivity contribution is 6.50. The minimum atomic E-state index is -0.372. The maximum absolute atomic E-state index is 13.0. The summed E-state index contributed by atoms with van der Waals surface area (Å²) in [6.45, 7) is 0. The Morgan fingerprint density at radius 3 is 2.06 bits per heavy atom. The molecule has 0 aliphatic carbocycles. The molecule has 0 atom stereocenters. The molecule has 0 unspecified atom stereocenters. The third kappa shape index (κ3) is 2.72. The SMILES string of the molecule is Cn1ccnc1-c1ccc2c(C3=C(c4cn(C)c5ccccc45)C(=O)NC3=O)cn(C)c2c1. The van der Waals surface area contributed by atoms with Gasteiger partial charge in [-0.3, -0.25) is 14.9 Å². The Morgan fingerprint density at radius 1 is 0.758 bits per heavy atom. The first-order valence-electron chi connectivity index (χ1n) is 10.7. The zero-order valence-corrected chi connectivity index (χ0v) is 18.5. The van der Waals surface area contributed by atoms with Crippen LogP contribution in [0.2, 0.25) is 0 Å². The van der Waals surface area contributed by atoms with Crippen molar-refractivity contribution in [2.45, 2.75) is 0 Å². The van der Waals surface area contributed by atoms with Gasteiger partial charge in [-0.05, 0) is 12.1 Å². The minimum absolute atomic E-state index is 0.368. The monoisotopic (exact) mass is 435 g/mol. The molecule has 2 aromatic carbocycles. The summed E-state index contributed by atoms with van der Waals surface area (Å²) in [5.74, 6) is 0.126. The van der Waals surface area contributed by atoms with Crippen molar-refractivity contribution in [2.24, 2.45) is 21.1 Å². The number of carbonyl (C=O) groups is 2. The van der Waals surface area contributed by atoms with E-state index in [1.165, 1.54) is 0 Å². The number of nitrogens with one attached hydrogen (secondary N) is 1. The number of nitrogens with zero attached hydrogens (tertiary/aromatic N) is 4. The van der Waals surface area contributed by atoms with Crippen molar-refractivity contribution in [1.29, 1.82) is 0 Å². The number of imidazole rings is 1. The molecule has 0 bridgehead atoms. The van der Waals surface area contributed by atoms with Gasteiger partial charge in [0.2, 0.25) is 0 Å². The molecular weight excluding hydrogens is 414 g/mol. The van der Waals surface area contributed by atoms with Gasteiger partial charge in [-0.2, -0.15) is 0 Å². The van der Waals surface area contributed by atoms with Gasteiger partial charge in [0.1, 0.15) is 5.82 Å². The Hall–Kier alpha value is -4.39. The highest BCUT2D eigenvalue weighted by atomic mass is 16.2. The summed E-state index contributed by atoms with van der Waals surface area (Å²) in [6.07, 6.45) is 7.52. The van der Waals surface area contributed by atoms with Crippen molar-refractivity contribution in [3.63, 3.8) is 0 Å². The van der Waals surface area contributed by atoms with Gasteiger partial charge in [-0.25, -0.2) is 4.98 Å². The van der Waals surface area contributed by atoms with Gasteiger partial charge in [0.05, 0.1) is 11.1 Å². The van der Waals surface area contributed by atoms with Crippen LogP contribution in [0.4, 0.5) is 0 Å². The van der Waals surface area contributed by atoms with Crippen LogP contribution in [0.5, 0.6) is 0 Å². The summed E-state index contributed by atoms with van der Waals surface area (Å²) < 4.78 is 5.93. The van der Waals surface area contributed by atoms with Crippen LogP contribution in [-0.4, -0.2) is 30.5 Å². The average Bonchev–Trinajstić information content (AvgIpc) is 3.53. The van der Waals surface area contributed by atoms with Crippen LogP contribution in [-0.2, 0) is 30.7 Å². The largest absolute Gasteiger partial charge is 0.350 e. The molecule has 6 rings (SSSR count). The number of para-hydroxylation sites is 1. The van der Waals surface area contributed by atoms with E-state index in [1.807, 2.05) is 89.8 Å². The topological polar surface area (TPSA) is 73.8 Å². The Labute approximate surface area is 189 Å². The first-order valence-corrected chi connectivity index (χ1v) is 10.7. The fourth-order valence-electron chi connectivity index (χ4n) is 4.88. The van der Waals surface area contributed by atoms with Crippen molar-refractivity contribution >= 4 is 44.8 Å². The fraction of sp³-hybridized carbons (Fsp3) is 0.115. The number of hydrogen-bond acceptors (Lipinski definition) is 3. The number of fused-ring (bicyclic) bond motifs is 2. The van der Waals surface area contributed by atoms with Crippen LogP contribution in [0.25, 0.3) is 44.3 Å². The summed E-state index contributed by atoms with van der Waals surface area (Å²) in [5.41, 5.74) is 5.27. The maximum atomic E-state index is 13.0. The molecule has 162 valence electrons. The lowest BCUT2D eigenvalue weighted by Crippen LogP contribution is -2.22. The number of rotatable bonds is 3. The molecule has 0 spiro atoms. The van der Waals surface area contributed by atoms with Crippen molar-refractivity contribution in [2.75, 3.05) is 0 Å². The summed E-state index contributed by atoms with van der Waals surface area (Å²) in [6, 6.07) is 14.0. The highest BCUT2D eigenvalue weighted by Gasteiger charge is 2.35. The third-order valence-electron chi connectivity index (χ3n) is 6.44. The van der Waals surface area contributed by atoms with E-state index >= 15 is 0 Å². The Morgan fingerprint density at radius 2 is 1.39 bits per heavy atom. The van der Waals surface area contributed by atoms with Gasteiger partial charge in [0.15, 0.2) is 0 Å². The van der Waals surface area contributed by atoms with Crippen molar-refractivity contribution in [3.05, 3.63) is 78.4 Å². The minimum Gasteiger partial charge on any atom is -0.350 e. The maximum Gasteiger partial charge on any atom is 0.259 e. The van der Waals surface area contributed by atoms with Crippen molar-refractivity contribution in [1.82, 2.24) is 24.0 Å². The Balaban J connectivity index is 1.61. The zero-order chi connectivity index (χ0) is 22.9. The van der Waals surface area contributed by atoms with E-state index in [-0.39, 0.29) is 11.8 Å². The van der Waals surface area contributed by atoms with E-state index in [1.54, 1.807) is 6.20 Å². The van der Waals surface area contributed by atoms with Crippen molar-refractivity contribution in [3.8, 4) is 11.4 Å². The molecule has 0 saturated carbocycles. The van der Waals surface area contributed by atoms with E-state index in [2.05, 4.69) is 16.4 Å². The molecule has 4 heterocycles. The predicted molar refractivity (Wildman–Crippen MR) is 128 cm³/mol. The Kier molecular flexibility index (Phi) is 3.98. The van der Waals surface area contributed by atoms with E-state index in [0.29, 0.717) is 11.1 Å². The molecule has 1 N–H and O–H groups in total. The second-order valence-corrected chi connectivity index (χ2v) is 8.45. The van der Waals surface area contributed by atoms with E-state index in [9.17, 15) is 9.59 Å². The number of imide groups is 1. The second kappa shape index (κ2) is 6.80. The van der Waals surface area contributed by atoms with Gasteiger partial charge in [0.25, 0.3) is 11.8 Å². The first kappa shape index (κ1) is 19.3. The number of benzene rings is 2. The fourth-order valence-corrected chi connectivity index (χ4v) is 4.88. The lowest BCUT2D eigenvalue weighted by atomic mass is 9.95. The summed E-state index contributed by atoms with van der Waals surface area (Å²) in [5, 5.41) is 4.37. The predicted octanol–water partition coefficient (Wildman–Crippen LogP) is 3.64. The van der Waals surface area contributed by atoms with Gasteiger partial charge in [-0.15, -0.1) is 0 Å². The average molecular weight is 435 g/mol.